The van der Waals surface area contributed by atoms with E-state index in [1.807, 2.05) is 27.7 Å². The van der Waals surface area contributed by atoms with Crippen molar-refractivity contribution in [1.82, 2.24) is 4.90 Å². The Balaban J connectivity index is 2.50. The Hall–Kier alpha value is -0.810. The minimum atomic E-state index is -0.459. The third-order valence-electron chi connectivity index (χ3n) is 2.33. The van der Waals surface area contributed by atoms with Gasteiger partial charge in [-0.05, 0) is 27.7 Å². The number of hydrogen-bond donors (Lipinski definition) is 1. The van der Waals surface area contributed by atoms with Crippen LogP contribution in [0.1, 0.15) is 27.7 Å². The SMILES string of the molecule is CC(N)[C@H]1CN(C(=O)OC(C)(C)C)CCO1. The van der Waals surface area contributed by atoms with E-state index in [-0.39, 0.29) is 18.2 Å². The highest BCUT2D eigenvalue weighted by Crippen LogP contribution is 2.13. The highest BCUT2D eigenvalue weighted by Gasteiger charge is 2.29. The molecule has 1 heterocycles. The first-order valence-corrected chi connectivity index (χ1v) is 5.65. The van der Waals surface area contributed by atoms with E-state index in [0.29, 0.717) is 19.7 Å². The Morgan fingerprint density at radius 2 is 2.19 bits per heavy atom. The second kappa shape index (κ2) is 5.01. The summed E-state index contributed by atoms with van der Waals surface area (Å²) < 4.78 is 10.8. The molecule has 1 aliphatic heterocycles. The monoisotopic (exact) mass is 230 g/mol. The number of rotatable bonds is 1. The second-order valence-corrected chi connectivity index (χ2v) is 5.19. The predicted molar refractivity (Wildman–Crippen MR) is 61.2 cm³/mol. The molecule has 0 spiro atoms. The van der Waals surface area contributed by atoms with Gasteiger partial charge < -0.3 is 20.1 Å². The van der Waals surface area contributed by atoms with Gasteiger partial charge in [0.05, 0.1) is 19.3 Å². The van der Waals surface area contributed by atoms with Crippen LogP contribution in [0.2, 0.25) is 0 Å². The lowest BCUT2D eigenvalue weighted by molar-refractivity contribution is -0.0483. The van der Waals surface area contributed by atoms with Gasteiger partial charge >= 0.3 is 6.09 Å². The van der Waals surface area contributed by atoms with Crippen LogP contribution < -0.4 is 5.73 Å². The lowest BCUT2D eigenvalue weighted by atomic mass is 10.1. The number of morpholine rings is 1. The summed E-state index contributed by atoms with van der Waals surface area (Å²) in [6.45, 7) is 9.04. The molecule has 1 unspecified atom stereocenters. The van der Waals surface area contributed by atoms with Gasteiger partial charge in [-0.3, -0.25) is 0 Å². The van der Waals surface area contributed by atoms with E-state index in [2.05, 4.69) is 0 Å². The smallest absolute Gasteiger partial charge is 0.410 e. The van der Waals surface area contributed by atoms with Gasteiger partial charge in [0.2, 0.25) is 0 Å². The minimum Gasteiger partial charge on any atom is -0.444 e. The van der Waals surface area contributed by atoms with Gasteiger partial charge in [-0.25, -0.2) is 4.79 Å². The summed E-state index contributed by atoms with van der Waals surface area (Å²) in [6, 6.07) is -0.0785. The molecule has 0 saturated carbocycles. The van der Waals surface area contributed by atoms with Gasteiger partial charge in [-0.15, -0.1) is 0 Å². The predicted octanol–water partition coefficient (Wildman–Crippen LogP) is 0.969. The first kappa shape index (κ1) is 13.3. The highest BCUT2D eigenvalue weighted by molar-refractivity contribution is 5.68. The van der Waals surface area contributed by atoms with Crippen LogP contribution in [0.15, 0.2) is 0 Å². The number of nitrogens with zero attached hydrogens (tertiary/aromatic N) is 1. The molecule has 94 valence electrons. The van der Waals surface area contributed by atoms with Crippen LogP contribution in [0, 0.1) is 0 Å². The summed E-state index contributed by atoms with van der Waals surface area (Å²) in [4.78, 5) is 13.4. The Kier molecular flexibility index (Phi) is 4.15. The Bertz CT molecular complexity index is 248. The van der Waals surface area contributed by atoms with Gasteiger partial charge in [-0.1, -0.05) is 0 Å². The van der Waals surface area contributed by atoms with Crippen LogP contribution in [0.25, 0.3) is 0 Å². The van der Waals surface area contributed by atoms with Crippen molar-refractivity contribution >= 4 is 6.09 Å². The van der Waals surface area contributed by atoms with Crippen molar-refractivity contribution < 1.29 is 14.3 Å². The van der Waals surface area contributed by atoms with Crippen molar-refractivity contribution in [3.63, 3.8) is 0 Å². The molecule has 2 atom stereocenters. The molecular weight excluding hydrogens is 208 g/mol. The van der Waals surface area contributed by atoms with Gasteiger partial charge in [0.15, 0.2) is 0 Å². The molecule has 1 amide bonds. The molecule has 0 radical (unpaired) electrons. The Morgan fingerprint density at radius 3 is 2.69 bits per heavy atom. The number of carbonyl (C=O) groups excluding carboxylic acids is 1. The zero-order valence-electron chi connectivity index (χ0n) is 10.5. The largest absolute Gasteiger partial charge is 0.444 e. The molecule has 1 fully saturated rings. The number of nitrogens with two attached hydrogens (primary N) is 1. The van der Waals surface area contributed by atoms with Crippen molar-refractivity contribution in [1.29, 1.82) is 0 Å². The van der Waals surface area contributed by atoms with Crippen LogP contribution in [-0.2, 0) is 9.47 Å². The van der Waals surface area contributed by atoms with Crippen LogP contribution in [0.3, 0.4) is 0 Å². The summed E-state index contributed by atoms with van der Waals surface area (Å²) in [5, 5.41) is 0. The van der Waals surface area contributed by atoms with E-state index < -0.39 is 5.60 Å². The van der Waals surface area contributed by atoms with E-state index >= 15 is 0 Å². The molecule has 5 nitrogen and oxygen atoms in total. The molecule has 16 heavy (non-hydrogen) atoms. The molecule has 5 heteroatoms. The normalized spacial score (nSPS) is 24.1. The standard InChI is InChI=1S/C11H22N2O3/c1-8(12)9-7-13(5-6-15-9)10(14)16-11(2,3)4/h8-9H,5-7,12H2,1-4H3/t8?,9-/m1/s1. The summed E-state index contributed by atoms with van der Waals surface area (Å²) in [5.74, 6) is 0. The molecule has 0 aromatic heterocycles. The summed E-state index contributed by atoms with van der Waals surface area (Å²) in [7, 11) is 0. The zero-order chi connectivity index (χ0) is 12.3. The third-order valence-corrected chi connectivity index (χ3v) is 2.33. The Morgan fingerprint density at radius 1 is 1.56 bits per heavy atom. The van der Waals surface area contributed by atoms with E-state index in [4.69, 9.17) is 15.2 Å². The average molecular weight is 230 g/mol. The fourth-order valence-corrected chi connectivity index (χ4v) is 1.49. The van der Waals surface area contributed by atoms with Gasteiger partial charge in [0, 0.05) is 12.6 Å². The number of hydrogen-bond acceptors (Lipinski definition) is 4. The van der Waals surface area contributed by atoms with Crippen molar-refractivity contribution in [3.05, 3.63) is 0 Å². The number of amides is 1. The first-order valence-electron chi connectivity index (χ1n) is 5.65. The van der Waals surface area contributed by atoms with E-state index in [1.165, 1.54) is 0 Å². The van der Waals surface area contributed by atoms with Crippen molar-refractivity contribution in [2.45, 2.75) is 45.4 Å². The molecular formula is C11H22N2O3. The van der Waals surface area contributed by atoms with Gasteiger partial charge in [0.1, 0.15) is 5.60 Å². The summed E-state index contributed by atoms with van der Waals surface area (Å²) in [5.41, 5.74) is 5.29. The third kappa shape index (κ3) is 3.98. The minimum absolute atomic E-state index is 0.0785. The highest BCUT2D eigenvalue weighted by atomic mass is 16.6. The molecule has 1 rings (SSSR count). The van der Waals surface area contributed by atoms with Crippen molar-refractivity contribution in [2.24, 2.45) is 5.73 Å². The van der Waals surface area contributed by atoms with Crippen molar-refractivity contribution in [2.75, 3.05) is 19.7 Å². The zero-order valence-corrected chi connectivity index (χ0v) is 10.5. The maximum absolute atomic E-state index is 11.8. The topological polar surface area (TPSA) is 64.8 Å². The van der Waals surface area contributed by atoms with Gasteiger partial charge in [0.25, 0.3) is 0 Å². The quantitative estimate of drug-likeness (QED) is 0.729. The maximum Gasteiger partial charge on any atom is 0.410 e. The molecule has 1 aliphatic rings. The fourth-order valence-electron chi connectivity index (χ4n) is 1.49. The maximum atomic E-state index is 11.8. The number of ether oxygens (including phenoxy) is 2. The van der Waals surface area contributed by atoms with Crippen LogP contribution in [0.4, 0.5) is 4.79 Å². The molecule has 0 aliphatic carbocycles. The van der Waals surface area contributed by atoms with Crippen LogP contribution in [-0.4, -0.2) is 48.4 Å². The van der Waals surface area contributed by atoms with Crippen LogP contribution >= 0.6 is 0 Å². The van der Waals surface area contributed by atoms with Crippen LogP contribution in [0.5, 0.6) is 0 Å². The number of carbonyl (C=O) groups is 1. The molecule has 2 N–H and O–H groups in total. The fraction of sp³-hybridized carbons (Fsp3) is 0.909. The molecule has 0 bridgehead atoms. The summed E-state index contributed by atoms with van der Waals surface area (Å²) in [6.07, 6.45) is -0.386. The van der Waals surface area contributed by atoms with E-state index in [0.717, 1.165) is 0 Å². The lowest BCUT2D eigenvalue weighted by Crippen LogP contribution is -2.52. The van der Waals surface area contributed by atoms with E-state index in [1.54, 1.807) is 4.90 Å². The molecule has 0 aromatic rings. The van der Waals surface area contributed by atoms with Gasteiger partial charge in [-0.2, -0.15) is 0 Å². The molecule has 1 saturated heterocycles. The average Bonchev–Trinajstić information content (AvgIpc) is 2.15. The first-order chi connectivity index (χ1) is 7.29. The second-order valence-electron chi connectivity index (χ2n) is 5.19. The van der Waals surface area contributed by atoms with E-state index in [9.17, 15) is 4.79 Å². The molecule has 0 aromatic carbocycles. The van der Waals surface area contributed by atoms with Crippen molar-refractivity contribution in [3.8, 4) is 0 Å². The summed E-state index contributed by atoms with van der Waals surface area (Å²) >= 11 is 0. The lowest BCUT2D eigenvalue weighted by Gasteiger charge is -2.35. The Labute approximate surface area is 96.9 Å².